The molecule has 0 radical (unpaired) electrons. The first-order chi connectivity index (χ1) is 8.88. The summed E-state index contributed by atoms with van der Waals surface area (Å²) in [4.78, 5) is -0.0919. The summed E-state index contributed by atoms with van der Waals surface area (Å²) in [6.45, 7) is 0.913. The van der Waals surface area contributed by atoms with Gasteiger partial charge in [0.2, 0.25) is 10.0 Å². The van der Waals surface area contributed by atoms with Gasteiger partial charge in [0.1, 0.15) is 4.90 Å². The van der Waals surface area contributed by atoms with Crippen LogP contribution in [0.25, 0.3) is 0 Å². The molecule has 1 rings (SSSR count). The smallest absolute Gasteiger partial charge is 0.243 e. The first kappa shape index (κ1) is 17.2. The Bertz CT molecular complexity index is 514. The van der Waals surface area contributed by atoms with Gasteiger partial charge in [-0.25, -0.2) is 13.1 Å². The van der Waals surface area contributed by atoms with Gasteiger partial charge in [-0.05, 0) is 25.0 Å². The molecule has 0 aliphatic carbocycles. The van der Waals surface area contributed by atoms with E-state index in [2.05, 4.69) is 20.7 Å². The van der Waals surface area contributed by atoms with Crippen molar-refractivity contribution >= 4 is 49.2 Å². The number of sulfonamides is 1. The number of methoxy groups -OCH3 is 1. The van der Waals surface area contributed by atoms with Crippen LogP contribution in [0.15, 0.2) is 21.5 Å². The summed E-state index contributed by atoms with van der Waals surface area (Å²) in [7, 11) is -2.10. The second kappa shape index (κ2) is 7.81. The highest BCUT2D eigenvalue weighted by Gasteiger charge is 2.21. The number of unbranched alkanes of at least 4 members (excludes halogenated alkanes) is 1. The van der Waals surface area contributed by atoms with E-state index in [1.54, 1.807) is 7.11 Å². The van der Waals surface area contributed by atoms with Crippen molar-refractivity contribution in [2.75, 3.05) is 20.3 Å². The highest BCUT2D eigenvalue weighted by molar-refractivity contribution is 9.10. The fourth-order valence-corrected chi connectivity index (χ4v) is 4.44. The Morgan fingerprint density at radius 1 is 1.26 bits per heavy atom. The minimum Gasteiger partial charge on any atom is -0.385 e. The van der Waals surface area contributed by atoms with Crippen LogP contribution in [0.2, 0.25) is 10.0 Å². The molecule has 1 aromatic carbocycles. The van der Waals surface area contributed by atoms with Gasteiger partial charge in [-0.15, -0.1) is 0 Å². The van der Waals surface area contributed by atoms with Crippen LogP contribution in [0.1, 0.15) is 12.8 Å². The van der Waals surface area contributed by atoms with Crippen molar-refractivity contribution in [3.63, 3.8) is 0 Å². The molecule has 19 heavy (non-hydrogen) atoms. The van der Waals surface area contributed by atoms with Crippen LogP contribution in [-0.2, 0) is 14.8 Å². The third kappa shape index (κ3) is 5.21. The molecule has 0 atom stereocenters. The van der Waals surface area contributed by atoms with Gasteiger partial charge in [-0.2, -0.15) is 0 Å². The van der Waals surface area contributed by atoms with Crippen LogP contribution in [0.3, 0.4) is 0 Å². The second-order valence-corrected chi connectivity index (χ2v) is 7.23. The van der Waals surface area contributed by atoms with Crippen LogP contribution >= 0.6 is 39.1 Å². The first-order valence-electron chi connectivity index (χ1n) is 5.51. The Kier molecular flexibility index (Phi) is 7.07. The lowest BCUT2D eigenvalue weighted by molar-refractivity contribution is 0.193. The van der Waals surface area contributed by atoms with E-state index < -0.39 is 10.0 Å². The van der Waals surface area contributed by atoms with Crippen molar-refractivity contribution in [1.29, 1.82) is 0 Å². The molecule has 1 N–H and O–H groups in total. The molecule has 8 heteroatoms. The van der Waals surface area contributed by atoms with Crippen molar-refractivity contribution in [2.24, 2.45) is 0 Å². The molecule has 4 nitrogen and oxygen atoms in total. The number of hydrogen-bond acceptors (Lipinski definition) is 3. The third-order valence-corrected chi connectivity index (χ3v) is 5.14. The van der Waals surface area contributed by atoms with Gasteiger partial charge in [0.25, 0.3) is 0 Å². The third-order valence-electron chi connectivity index (χ3n) is 2.30. The van der Waals surface area contributed by atoms with E-state index in [1.807, 2.05) is 0 Å². The minimum atomic E-state index is -3.70. The number of halogens is 3. The number of hydrogen-bond donors (Lipinski definition) is 1. The van der Waals surface area contributed by atoms with E-state index in [0.29, 0.717) is 24.0 Å². The maximum absolute atomic E-state index is 12.1. The number of rotatable bonds is 7. The number of benzene rings is 1. The van der Waals surface area contributed by atoms with Crippen molar-refractivity contribution in [3.05, 3.63) is 26.7 Å². The second-order valence-electron chi connectivity index (χ2n) is 3.80. The Hall–Kier alpha value is 0.150. The molecule has 0 aliphatic heterocycles. The molecule has 0 amide bonds. The lowest BCUT2D eigenvalue weighted by Gasteiger charge is -2.10. The SMILES string of the molecule is COCCCCNS(=O)(=O)c1c(Cl)cc(Br)cc1Cl. The monoisotopic (exact) mass is 389 g/mol. The minimum absolute atomic E-state index is 0.0868. The van der Waals surface area contributed by atoms with Crippen LogP contribution in [0, 0.1) is 0 Å². The number of nitrogens with one attached hydrogen (secondary N) is 1. The molecular weight excluding hydrogens is 377 g/mol. The van der Waals surface area contributed by atoms with E-state index in [4.69, 9.17) is 27.9 Å². The zero-order chi connectivity index (χ0) is 14.5. The molecular formula is C11H14BrCl2NO3S. The lowest BCUT2D eigenvalue weighted by Crippen LogP contribution is -2.25. The van der Waals surface area contributed by atoms with E-state index in [0.717, 1.165) is 6.42 Å². The van der Waals surface area contributed by atoms with Crippen molar-refractivity contribution in [3.8, 4) is 0 Å². The van der Waals surface area contributed by atoms with Gasteiger partial charge < -0.3 is 4.74 Å². The quantitative estimate of drug-likeness (QED) is 0.725. The topological polar surface area (TPSA) is 55.4 Å². The highest BCUT2D eigenvalue weighted by atomic mass is 79.9. The van der Waals surface area contributed by atoms with Gasteiger partial charge in [-0.3, -0.25) is 0 Å². The van der Waals surface area contributed by atoms with Gasteiger partial charge in [0, 0.05) is 24.7 Å². The summed E-state index contributed by atoms with van der Waals surface area (Å²) >= 11 is 15.1. The van der Waals surface area contributed by atoms with E-state index >= 15 is 0 Å². The standard InChI is InChI=1S/C11H14BrCl2NO3S/c1-18-5-3-2-4-15-19(16,17)11-9(13)6-8(12)7-10(11)14/h6-7,15H,2-5H2,1H3. The Balaban J connectivity index is 2.78. The van der Waals surface area contributed by atoms with E-state index in [-0.39, 0.29) is 14.9 Å². The van der Waals surface area contributed by atoms with Gasteiger partial charge >= 0.3 is 0 Å². The molecule has 0 bridgehead atoms. The maximum Gasteiger partial charge on any atom is 0.243 e. The zero-order valence-electron chi connectivity index (χ0n) is 10.3. The number of ether oxygens (including phenoxy) is 1. The van der Waals surface area contributed by atoms with Crippen LogP contribution in [0.5, 0.6) is 0 Å². The summed E-state index contributed by atoms with van der Waals surface area (Å²) in [6, 6.07) is 2.99. The maximum atomic E-state index is 12.1. The molecule has 0 saturated carbocycles. The molecule has 0 spiro atoms. The predicted octanol–water partition coefficient (Wildman–Crippen LogP) is 3.46. The molecule has 108 valence electrons. The lowest BCUT2D eigenvalue weighted by atomic mass is 10.3. The molecule has 0 aromatic heterocycles. The van der Waals surface area contributed by atoms with Crippen LogP contribution in [-0.4, -0.2) is 28.7 Å². The van der Waals surface area contributed by atoms with E-state index in [1.165, 1.54) is 12.1 Å². The molecule has 0 fully saturated rings. The Morgan fingerprint density at radius 2 is 1.84 bits per heavy atom. The van der Waals surface area contributed by atoms with Crippen molar-refractivity contribution in [2.45, 2.75) is 17.7 Å². The molecule has 0 aliphatic rings. The van der Waals surface area contributed by atoms with Crippen LogP contribution < -0.4 is 4.72 Å². The van der Waals surface area contributed by atoms with Gasteiger partial charge in [0.15, 0.2) is 0 Å². The molecule has 0 saturated heterocycles. The average molecular weight is 391 g/mol. The zero-order valence-corrected chi connectivity index (χ0v) is 14.2. The Labute approximate surface area is 131 Å². The average Bonchev–Trinajstić information content (AvgIpc) is 2.26. The normalized spacial score (nSPS) is 11.8. The van der Waals surface area contributed by atoms with Crippen molar-refractivity contribution in [1.82, 2.24) is 4.72 Å². The summed E-state index contributed by atoms with van der Waals surface area (Å²) in [5.41, 5.74) is 0. The molecule has 0 heterocycles. The molecule has 1 aromatic rings. The van der Waals surface area contributed by atoms with Gasteiger partial charge in [0.05, 0.1) is 10.0 Å². The first-order valence-corrected chi connectivity index (χ1v) is 8.55. The van der Waals surface area contributed by atoms with Crippen LogP contribution in [0.4, 0.5) is 0 Å². The Morgan fingerprint density at radius 3 is 2.37 bits per heavy atom. The van der Waals surface area contributed by atoms with Crippen molar-refractivity contribution < 1.29 is 13.2 Å². The summed E-state index contributed by atoms with van der Waals surface area (Å²) < 4.78 is 32.2. The highest BCUT2D eigenvalue weighted by Crippen LogP contribution is 2.32. The summed E-state index contributed by atoms with van der Waals surface area (Å²) in [5.74, 6) is 0. The van der Waals surface area contributed by atoms with Gasteiger partial charge in [-0.1, -0.05) is 39.1 Å². The fourth-order valence-electron chi connectivity index (χ4n) is 1.44. The predicted molar refractivity (Wildman–Crippen MR) is 80.5 cm³/mol. The van der Waals surface area contributed by atoms with E-state index in [9.17, 15) is 8.42 Å². The largest absolute Gasteiger partial charge is 0.385 e. The summed E-state index contributed by atoms with van der Waals surface area (Å²) in [5, 5.41) is 0.174. The molecule has 0 unspecified atom stereocenters. The fraction of sp³-hybridized carbons (Fsp3) is 0.455. The summed E-state index contributed by atoms with van der Waals surface area (Å²) in [6.07, 6.45) is 1.46.